The molecule has 1 saturated carbocycles. The van der Waals surface area contributed by atoms with E-state index in [-0.39, 0.29) is 0 Å². The Balaban J connectivity index is 1.50. The van der Waals surface area contributed by atoms with Gasteiger partial charge in [-0.2, -0.15) is 0 Å². The van der Waals surface area contributed by atoms with Crippen molar-refractivity contribution in [2.75, 3.05) is 20.2 Å². The van der Waals surface area contributed by atoms with Crippen molar-refractivity contribution in [3.8, 4) is 0 Å². The largest absolute Gasteiger partial charge is 0.377 e. The zero-order valence-corrected chi connectivity index (χ0v) is 15.2. The molecule has 0 spiro atoms. The van der Waals surface area contributed by atoms with Crippen LogP contribution in [-0.4, -0.2) is 40.6 Å². The number of likely N-dealkylation sites (tertiary alicyclic amines) is 1. The van der Waals surface area contributed by atoms with Crippen LogP contribution in [0.15, 0.2) is 6.20 Å². The number of piperidine rings is 1. The summed E-state index contributed by atoms with van der Waals surface area (Å²) in [6.45, 7) is 4.40. The van der Waals surface area contributed by atoms with Gasteiger partial charge in [-0.3, -0.25) is 4.79 Å². The first-order valence-corrected chi connectivity index (χ1v) is 9.48. The van der Waals surface area contributed by atoms with Gasteiger partial charge < -0.3 is 14.2 Å². The second kappa shape index (κ2) is 8.15. The van der Waals surface area contributed by atoms with Crippen LogP contribution in [0.5, 0.6) is 0 Å². The number of amides is 1. The molecule has 0 aromatic carbocycles. The van der Waals surface area contributed by atoms with E-state index in [9.17, 15) is 4.79 Å². The Kier molecular flexibility index (Phi) is 5.93. The summed E-state index contributed by atoms with van der Waals surface area (Å²) in [4.78, 5) is 19.0. The van der Waals surface area contributed by atoms with Crippen LogP contribution in [-0.2, 0) is 16.1 Å². The first kappa shape index (κ1) is 17.5. The summed E-state index contributed by atoms with van der Waals surface area (Å²) in [6.07, 6.45) is 11.2. The molecule has 0 N–H and O–H groups in total. The molecule has 0 atom stereocenters. The molecule has 2 fully saturated rings. The number of aryl methyl sites for hydroxylation is 1. The second-order valence-corrected chi connectivity index (χ2v) is 7.42. The number of hydrogen-bond acceptors (Lipinski definition) is 3. The van der Waals surface area contributed by atoms with Crippen molar-refractivity contribution < 1.29 is 9.53 Å². The van der Waals surface area contributed by atoms with E-state index in [1.54, 1.807) is 7.11 Å². The van der Waals surface area contributed by atoms with E-state index >= 15 is 0 Å². The van der Waals surface area contributed by atoms with Crippen molar-refractivity contribution in [2.24, 2.45) is 5.92 Å². The monoisotopic (exact) mass is 333 g/mol. The first-order chi connectivity index (χ1) is 11.7. The fraction of sp³-hybridized carbons (Fsp3) is 0.789. The topological polar surface area (TPSA) is 47.4 Å². The van der Waals surface area contributed by atoms with Gasteiger partial charge >= 0.3 is 0 Å². The minimum atomic E-state index is 0.361. The van der Waals surface area contributed by atoms with E-state index in [4.69, 9.17) is 4.74 Å². The smallest absolute Gasteiger partial charge is 0.222 e. The number of hydrogen-bond donors (Lipinski definition) is 0. The lowest BCUT2D eigenvalue weighted by molar-refractivity contribution is -0.132. The third-order valence-electron chi connectivity index (χ3n) is 5.76. The molecular formula is C19H31N3O2. The zero-order valence-electron chi connectivity index (χ0n) is 15.2. The molecule has 2 heterocycles. The van der Waals surface area contributed by atoms with Crippen molar-refractivity contribution in [2.45, 2.75) is 70.9 Å². The minimum absolute atomic E-state index is 0.361. The Morgan fingerprint density at radius 3 is 2.62 bits per heavy atom. The average Bonchev–Trinajstić information content (AvgIpc) is 3.23. The lowest BCUT2D eigenvalue weighted by Gasteiger charge is -2.34. The molecule has 134 valence electrons. The predicted molar refractivity (Wildman–Crippen MR) is 93.7 cm³/mol. The van der Waals surface area contributed by atoms with Gasteiger partial charge in [-0.1, -0.05) is 25.7 Å². The highest BCUT2D eigenvalue weighted by Crippen LogP contribution is 2.30. The van der Waals surface area contributed by atoms with Gasteiger partial charge in [-0.15, -0.1) is 0 Å². The molecule has 1 saturated heterocycles. The highest BCUT2D eigenvalue weighted by Gasteiger charge is 2.26. The summed E-state index contributed by atoms with van der Waals surface area (Å²) in [6, 6.07) is 0.441. The average molecular weight is 333 g/mol. The third-order valence-corrected chi connectivity index (χ3v) is 5.76. The lowest BCUT2D eigenvalue weighted by atomic mass is 10.00. The van der Waals surface area contributed by atoms with E-state index in [2.05, 4.69) is 21.4 Å². The second-order valence-electron chi connectivity index (χ2n) is 7.42. The van der Waals surface area contributed by atoms with E-state index in [0.717, 1.165) is 50.5 Å². The van der Waals surface area contributed by atoms with Crippen LogP contribution >= 0.6 is 0 Å². The molecule has 5 nitrogen and oxygen atoms in total. The molecule has 0 radical (unpaired) electrons. The van der Waals surface area contributed by atoms with Gasteiger partial charge in [-0.05, 0) is 32.1 Å². The van der Waals surface area contributed by atoms with Crippen LogP contribution in [0, 0.1) is 12.8 Å². The summed E-state index contributed by atoms with van der Waals surface area (Å²) in [5.74, 6) is 2.16. The van der Waals surface area contributed by atoms with E-state index in [1.165, 1.54) is 31.4 Å². The number of ether oxygens (including phenoxy) is 1. The maximum absolute atomic E-state index is 12.5. The number of rotatable bonds is 6. The number of methoxy groups -OCH3 is 1. The fourth-order valence-electron chi connectivity index (χ4n) is 4.39. The van der Waals surface area contributed by atoms with Crippen LogP contribution in [0.25, 0.3) is 0 Å². The Hall–Kier alpha value is -1.36. The Morgan fingerprint density at radius 2 is 1.96 bits per heavy atom. The Labute approximate surface area is 145 Å². The number of nitrogens with zero attached hydrogens (tertiary/aromatic N) is 3. The molecule has 0 bridgehead atoms. The molecule has 24 heavy (non-hydrogen) atoms. The van der Waals surface area contributed by atoms with Crippen molar-refractivity contribution in [1.82, 2.24) is 14.5 Å². The SMILES string of the molecule is COCc1ncc(C)n1C1CCN(C(=O)CCC2CCCC2)CC1. The maximum atomic E-state index is 12.5. The molecule has 3 rings (SSSR count). The van der Waals surface area contributed by atoms with Gasteiger partial charge in [0.2, 0.25) is 5.91 Å². The molecule has 2 aliphatic rings. The molecule has 0 unspecified atom stereocenters. The zero-order chi connectivity index (χ0) is 16.9. The van der Waals surface area contributed by atoms with Crippen LogP contribution in [0.4, 0.5) is 0 Å². The number of imidazole rings is 1. The van der Waals surface area contributed by atoms with Crippen molar-refractivity contribution in [3.05, 3.63) is 17.7 Å². The number of aromatic nitrogens is 2. The summed E-state index contributed by atoms with van der Waals surface area (Å²) in [5.41, 5.74) is 1.19. The van der Waals surface area contributed by atoms with Gasteiger partial charge in [0.05, 0.1) is 0 Å². The molecule has 1 aliphatic heterocycles. The third kappa shape index (κ3) is 4.00. The van der Waals surface area contributed by atoms with E-state index < -0.39 is 0 Å². The number of carbonyl (C=O) groups excluding carboxylic acids is 1. The Bertz CT molecular complexity index is 541. The quantitative estimate of drug-likeness (QED) is 0.801. The van der Waals surface area contributed by atoms with E-state index in [1.807, 2.05) is 6.20 Å². The summed E-state index contributed by atoms with van der Waals surface area (Å²) in [5, 5.41) is 0. The van der Waals surface area contributed by atoms with Gasteiger partial charge in [-0.25, -0.2) is 4.98 Å². The predicted octanol–water partition coefficient (Wildman–Crippen LogP) is 3.47. The molecule has 5 heteroatoms. The maximum Gasteiger partial charge on any atom is 0.222 e. The van der Waals surface area contributed by atoms with Crippen molar-refractivity contribution in [1.29, 1.82) is 0 Å². The molecule has 1 amide bonds. The summed E-state index contributed by atoms with van der Waals surface area (Å²) in [7, 11) is 1.71. The van der Waals surface area contributed by atoms with Gasteiger partial charge in [0.1, 0.15) is 12.4 Å². The minimum Gasteiger partial charge on any atom is -0.377 e. The molecule has 1 aromatic heterocycles. The number of carbonyl (C=O) groups is 1. The Morgan fingerprint density at radius 1 is 1.25 bits per heavy atom. The van der Waals surface area contributed by atoms with Crippen LogP contribution in [0.2, 0.25) is 0 Å². The van der Waals surface area contributed by atoms with Gasteiger partial charge in [0.25, 0.3) is 0 Å². The van der Waals surface area contributed by atoms with Gasteiger partial charge in [0, 0.05) is 44.6 Å². The van der Waals surface area contributed by atoms with Crippen molar-refractivity contribution in [3.63, 3.8) is 0 Å². The highest BCUT2D eigenvalue weighted by molar-refractivity contribution is 5.76. The van der Waals surface area contributed by atoms with Crippen LogP contribution in [0.1, 0.15) is 68.9 Å². The van der Waals surface area contributed by atoms with E-state index in [0.29, 0.717) is 18.6 Å². The standard InChI is InChI=1S/C19H31N3O2/c1-15-13-20-18(14-24-2)22(15)17-9-11-21(12-10-17)19(23)8-7-16-5-3-4-6-16/h13,16-17H,3-12,14H2,1-2H3. The van der Waals surface area contributed by atoms with Crippen LogP contribution < -0.4 is 0 Å². The normalized spacial score (nSPS) is 20.0. The molecular weight excluding hydrogens is 302 g/mol. The fourth-order valence-corrected chi connectivity index (χ4v) is 4.39. The van der Waals surface area contributed by atoms with Crippen molar-refractivity contribution >= 4 is 5.91 Å². The molecule has 1 aromatic rings. The lowest BCUT2D eigenvalue weighted by Crippen LogP contribution is -2.39. The van der Waals surface area contributed by atoms with Crippen LogP contribution in [0.3, 0.4) is 0 Å². The highest BCUT2D eigenvalue weighted by atomic mass is 16.5. The molecule has 1 aliphatic carbocycles. The summed E-state index contributed by atoms with van der Waals surface area (Å²) < 4.78 is 7.57. The van der Waals surface area contributed by atoms with Gasteiger partial charge in [0.15, 0.2) is 0 Å². The first-order valence-electron chi connectivity index (χ1n) is 9.48. The summed E-state index contributed by atoms with van der Waals surface area (Å²) >= 11 is 0.